The van der Waals surface area contributed by atoms with Gasteiger partial charge in [-0.25, -0.2) is 0 Å². The molecule has 0 aromatic heterocycles. The van der Waals surface area contributed by atoms with Crippen molar-refractivity contribution in [3.05, 3.63) is 35.4 Å². The molecule has 1 aromatic rings. The molecular formula is C21H31IN4O3. The number of carbonyl (C=O) groups excluding carboxylic acids is 2. The summed E-state index contributed by atoms with van der Waals surface area (Å²) in [7, 11) is 0. The summed E-state index contributed by atoms with van der Waals surface area (Å²) in [4.78, 5) is 30.7. The van der Waals surface area contributed by atoms with Crippen LogP contribution >= 0.6 is 24.0 Å². The molecule has 1 saturated heterocycles. The van der Waals surface area contributed by atoms with Crippen molar-refractivity contribution in [3.63, 3.8) is 0 Å². The second-order valence-electron chi connectivity index (χ2n) is 7.54. The molecule has 1 unspecified atom stereocenters. The maximum Gasteiger partial charge on any atom is 0.261 e. The highest BCUT2D eigenvalue weighted by molar-refractivity contribution is 14.0. The quantitative estimate of drug-likeness (QED) is 0.183. The van der Waals surface area contributed by atoms with Crippen LogP contribution in [-0.2, 0) is 4.74 Å². The van der Waals surface area contributed by atoms with Gasteiger partial charge in [0.2, 0.25) is 0 Å². The average molecular weight is 514 g/mol. The number of imide groups is 1. The Morgan fingerprint density at radius 2 is 1.86 bits per heavy atom. The van der Waals surface area contributed by atoms with E-state index in [1.807, 2.05) is 6.92 Å². The number of nitrogens with one attached hydrogen (secondary N) is 2. The summed E-state index contributed by atoms with van der Waals surface area (Å²) in [6.07, 6.45) is 3.72. The van der Waals surface area contributed by atoms with Crippen molar-refractivity contribution in [2.45, 2.75) is 45.1 Å². The number of benzene rings is 1. The van der Waals surface area contributed by atoms with Crippen LogP contribution in [0.4, 0.5) is 0 Å². The largest absolute Gasteiger partial charge is 0.373 e. The van der Waals surface area contributed by atoms with Gasteiger partial charge >= 0.3 is 0 Å². The van der Waals surface area contributed by atoms with E-state index in [2.05, 4.69) is 22.5 Å². The van der Waals surface area contributed by atoms with Gasteiger partial charge in [0.05, 0.1) is 23.3 Å². The Bertz CT molecular complexity index is 712. The van der Waals surface area contributed by atoms with Crippen molar-refractivity contribution >= 4 is 41.8 Å². The first-order valence-corrected chi connectivity index (χ1v) is 10.2. The zero-order valence-electron chi connectivity index (χ0n) is 17.2. The number of unbranched alkanes of at least 4 members (excludes halogenated alkanes) is 1. The third-order valence-electron chi connectivity index (χ3n) is 5.20. The zero-order valence-corrected chi connectivity index (χ0v) is 19.5. The Hall–Kier alpha value is -1.68. The lowest BCUT2D eigenvalue weighted by Gasteiger charge is -2.21. The van der Waals surface area contributed by atoms with E-state index in [1.165, 1.54) is 4.90 Å². The number of hydrogen-bond donors (Lipinski definition) is 2. The molecule has 3 rings (SSSR count). The van der Waals surface area contributed by atoms with Crippen LogP contribution in [0.15, 0.2) is 29.3 Å². The summed E-state index contributed by atoms with van der Waals surface area (Å²) in [6, 6.07) is 7.00. The van der Waals surface area contributed by atoms with Gasteiger partial charge < -0.3 is 15.4 Å². The third kappa shape index (κ3) is 5.91. The minimum atomic E-state index is -0.187. The minimum absolute atomic E-state index is 0. The van der Waals surface area contributed by atoms with Crippen LogP contribution in [-0.4, -0.2) is 61.1 Å². The molecule has 2 amide bonds. The Labute approximate surface area is 189 Å². The number of ether oxygens (including phenoxy) is 1. The molecule has 0 spiro atoms. The van der Waals surface area contributed by atoms with E-state index >= 15 is 0 Å². The molecule has 1 atom stereocenters. The molecule has 1 aromatic carbocycles. The van der Waals surface area contributed by atoms with Crippen molar-refractivity contribution in [2.24, 2.45) is 4.99 Å². The lowest BCUT2D eigenvalue weighted by atomic mass is 10.0. The number of hydrogen-bond acceptors (Lipinski definition) is 4. The Kier molecular flexibility index (Phi) is 8.88. The van der Waals surface area contributed by atoms with Crippen LogP contribution in [0.2, 0.25) is 0 Å². The van der Waals surface area contributed by atoms with Crippen LogP contribution in [0.3, 0.4) is 0 Å². The second-order valence-corrected chi connectivity index (χ2v) is 7.54. The van der Waals surface area contributed by atoms with E-state index in [0.29, 0.717) is 24.2 Å². The fourth-order valence-electron chi connectivity index (χ4n) is 3.59. The van der Waals surface area contributed by atoms with Gasteiger partial charge in [0, 0.05) is 26.2 Å². The predicted octanol–water partition coefficient (Wildman–Crippen LogP) is 2.81. The predicted molar refractivity (Wildman–Crippen MR) is 124 cm³/mol. The molecule has 2 N–H and O–H groups in total. The number of fused-ring (bicyclic) bond motifs is 1. The summed E-state index contributed by atoms with van der Waals surface area (Å²) in [5, 5.41) is 6.57. The number of amides is 2. The number of aliphatic imine (C=N–C) groups is 1. The van der Waals surface area contributed by atoms with E-state index in [9.17, 15) is 9.59 Å². The van der Waals surface area contributed by atoms with Crippen LogP contribution in [0, 0.1) is 0 Å². The van der Waals surface area contributed by atoms with Crippen molar-refractivity contribution in [3.8, 4) is 0 Å². The summed E-state index contributed by atoms with van der Waals surface area (Å²) in [5.74, 6) is 0.404. The molecule has 0 bridgehead atoms. The summed E-state index contributed by atoms with van der Waals surface area (Å²) >= 11 is 0. The SMILES string of the molecule is CCNC(=NCC1(C)CCCO1)NCCCCN1C(=O)c2ccccc2C1=O.I. The van der Waals surface area contributed by atoms with Crippen LogP contribution in [0.5, 0.6) is 0 Å². The molecule has 1 fully saturated rings. The van der Waals surface area contributed by atoms with Gasteiger partial charge in [-0.05, 0) is 51.7 Å². The molecule has 2 heterocycles. The number of rotatable bonds is 8. The van der Waals surface area contributed by atoms with Gasteiger partial charge in [-0.3, -0.25) is 19.5 Å². The Morgan fingerprint density at radius 1 is 1.17 bits per heavy atom. The fraction of sp³-hybridized carbons (Fsp3) is 0.571. The topological polar surface area (TPSA) is 83.0 Å². The van der Waals surface area contributed by atoms with Gasteiger partial charge in [-0.15, -0.1) is 24.0 Å². The van der Waals surface area contributed by atoms with Gasteiger partial charge in [0.1, 0.15) is 0 Å². The normalized spacial score (nSPS) is 21.2. The molecule has 0 saturated carbocycles. The zero-order chi connectivity index (χ0) is 20.0. The molecule has 29 heavy (non-hydrogen) atoms. The van der Waals surface area contributed by atoms with Crippen molar-refractivity contribution in [1.29, 1.82) is 0 Å². The highest BCUT2D eigenvalue weighted by atomic mass is 127. The van der Waals surface area contributed by atoms with Crippen LogP contribution in [0.25, 0.3) is 0 Å². The van der Waals surface area contributed by atoms with E-state index in [1.54, 1.807) is 24.3 Å². The summed E-state index contributed by atoms with van der Waals surface area (Å²) in [5.41, 5.74) is 0.859. The molecule has 2 aliphatic heterocycles. The minimum Gasteiger partial charge on any atom is -0.373 e. The first-order chi connectivity index (χ1) is 13.5. The maximum atomic E-state index is 12.4. The molecule has 8 heteroatoms. The molecule has 0 radical (unpaired) electrons. The number of carbonyl (C=O) groups is 2. The van der Waals surface area contributed by atoms with E-state index in [0.717, 1.165) is 51.3 Å². The first-order valence-electron chi connectivity index (χ1n) is 10.2. The standard InChI is InChI=1S/C21H30N4O3.HI/c1-3-22-20(24-15-21(2)11-8-14-28-21)23-12-6-7-13-25-18(26)16-9-4-5-10-17(16)19(25)27;/h4-5,9-10H,3,6-8,11-15H2,1-2H3,(H2,22,23,24);1H. The molecule has 2 aliphatic rings. The smallest absolute Gasteiger partial charge is 0.261 e. The van der Waals surface area contributed by atoms with E-state index in [4.69, 9.17) is 4.74 Å². The van der Waals surface area contributed by atoms with Crippen LogP contribution < -0.4 is 10.6 Å². The second kappa shape index (κ2) is 10.9. The highest BCUT2D eigenvalue weighted by Crippen LogP contribution is 2.25. The average Bonchev–Trinajstić information content (AvgIpc) is 3.23. The molecule has 7 nitrogen and oxygen atoms in total. The fourth-order valence-corrected chi connectivity index (χ4v) is 3.59. The van der Waals surface area contributed by atoms with Crippen molar-refractivity contribution in [1.82, 2.24) is 15.5 Å². The van der Waals surface area contributed by atoms with Gasteiger partial charge in [0.15, 0.2) is 5.96 Å². The molecule has 0 aliphatic carbocycles. The maximum absolute atomic E-state index is 12.4. The lowest BCUT2D eigenvalue weighted by molar-refractivity contribution is 0.0283. The molecular weight excluding hydrogens is 483 g/mol. The number of nitrogens with zero attached hydrogens (tertiary/aromatic N) is 2. The van der Waals surface area contributed by atoms with E-state index < -0.39 is 0 Å². The van der Waals surface area contributed by atoms with Crippen molar-refractivity contribution in [2.75, 3.05) is 32.8 Å². The Morgan fingerprint density at radius 3 is 2.45 bits per heavy atom. The highest BCUT2D eigenvalue weighted by Gasteiger charge is 2.34. The van der Waals surface area contributed by atoms with E-state index in [-0.39, 0.29) is 41.4 Å². The lowest BCUT2D eigenvalue weighted by Crippen LogP contribution is -2.40. The monoisotopic (exact) mass is 514 g/mol. The summed E-state index contributed by atoms with van der Waals surface area (Å²) < 4.78 is 5.78. The Balaban J connectivity index is 0.00000300. The number of halogens is 1. The summed E-state index contributed by atoms with van der Waals surface area (Å²) in [6.45, 7) is 7.55. The number of guanidine groups is 1. The van der Waals surface area contributed by atoms with Crippen LogP contribution in [0.1, 0.15) is 60.2 Å². The van der Waals surface area contributed by atoms with Crippen molar-refractivity contribution < 1.29 is 14.3 Å². The first kappa shape index (κ1) is 23.6. The van der Waals surface area contributed by atoms with Gasteiger partial charge in [0.25, 0.3) is 11.8 Å². The van der Waals surface area contributed by atoms with Gasteiger partial charge in [-0.1, -0.05) is 12.1 Å². The molecule has 160 valence electrons. The third-order valence-corrected chi connectivity index (χ3v) is 5.20. The van der Waals surface area contributed by atoms with Gasteiger partial charge in [-0.2, -0.15) is 0 Å².